The van der Waals surface area contributed by atoms with Gasteiger partial charge in [-0.05, 0) is 84.3 Å². The molecule has 2 fully saturated rings. The van der Waals surface area contributed by atoms with Gasteiger partial charge in [-0.2, -0.15) is 0 Å². The number of anilines is 3. The van der Waals surface area contributed by atoms with Gasteiger partial charge in [-0.3, -0.25) is 28.8 Å². The number of nitrogens with one attached hydrogen (secondary N) is 4. The zero-order valence-corrected chi connectivity index (χ0v) is 35.5. The molecule has 2 unspecified atom stereocenters. The minimum absolute atomic E-state index is 0.276. The van der Waals surface area contributed by atoms with E-state index in [1.54, 1.807) is 34.1 Å². The van der Waals surface area contributed by atoms with Crippen LogP contribution in [0.15, 0.2) is 140 Å². The minimum Gasteiger partial charge on any atom is -0.363 e. The average molecular weight is 848 g/mol. The van der Waals surface area contributed by atoms with Crippen LogP contribution in [0.3, 0.4) is 0 Å². The second-order valence-corrected chi connectivity index (χ2v) is 16.0. The molecule has 2 aliphatic heterocycles. The second-order valence-electron chi connectivity index (χ2n) is 16.0. The molecular weight excluding hydrogens is 795 g/mol. The van der Waals surface area contributed by atoms with Gasteiger partial charge >= 0.3 is 0 Å². The molecule has 7 rings (SSSR count). The van der Waals surface area contributed by atoms with Gasteiger partial charge < -0.3 is 36.0 Å². The normalized spacial score (nSPS) is 16.7. The molecule has 5 aromatic carbocycles. The molecule has 0 bridgehead atoms. The standard InChI is InChI=1S/C50H53N7O6/c1-34(58)51-45(38-14-6-3-7-15-38)49(62)56-30-12-20-43(56)47(60)53-40-26-22-36(23-27-40)32-55(42-18-10-5-11-19-42)33-37-24-28-41(29-25-37)54-48(61)44-21-13-31-57(44)50(63)46(52-35(2)59)39-16-8-4-9-17-39/h3-11,14-19,22-29,43-46H,12-13,20-21,30-33H2,1-2H3,(H,51,58)(H,52,59)(H,53,60)(H,54,61)/t43?,44?,45-,46-/m1/s1. The molecule has 0 saturated carbocycles. The first kappa shape index (κ1) is 43.8. The van der Waals surface area contributed by atoms with Crippen molar-refractivity contribution >= 4 is 52.5 Å². The van der Waals surface area contributed by atoms with Crippen LogP contribution in [0.1, 0.15) is 73.9 Å². The molecule has 0 radical (unpaired) electrons. The van der Waals surface area contributed by atoms with E-state index in [1.807, 2.05) is 103 Å². The van der Waals surface area contributed by atoms with E-state index in [0.717, 1.165) is 16.8 Å². The summed E-state index contributed by atoms with van der Waals surface area (Å²) in [5.74, 6) is -1.84. The lowest BCUT2D eigenvalue weighted by atomic mass is 10.0. The van der Waals surface area contributed by atoms with Crippen LogP contribution in [0.2, 0.25) is 0 Å². The Hall–Kier alpha value is -7.28. The lowest BCUT2D eigenvalue weighted by Gasteiger charge is -2.29. The van der Waals surface area contributed by atoms with Gasteiger partial charge in [0, 0.05) is 57.1 Å². The molecule has 4 atom stereocenters. The molecule has 13 nitrogen and oxygen atoms in total. The van der Waals surface area contributed by atoms with Crippen LogP contribution >= 0.6 is 0 Å². The Bertz CT molecular complexity index is 2230. The third-order valence-electron chi connectivity index (χ3n) is 11.4. The Morgan fingerprint density at radius 1 is 0.524 bits per heavy atom. The summed E-state index contributed by atoms with van der Waals surface area (Å²) in [6.45, 7) is 4.73. The molecular formula is C50H53N7O6. The van der Waals surface area contributed by atoms with Crippen LogP contribution in [0, 0.1) is 0 Å². The molecule has 6 amide bonds. The molecule has 2 aliphatic rings. The van der Waals surface area contributed by atoms with Gasteiger partial charge in [0.05, 0.1) is 0 Å². The number of rotatable bonds is 15. The van der Waals surface area contributed by atoms with E-state index in [0.29, 0.717) is 74.4 Å². The molecule has 324 valence electrons. The van der Waals surface area contributed by atoms with E-state index in [-0.39, 0.29) is 35.4 Å². The number of hydrogen-bond acceptors (Lipinski definition) is 7. The summed E-state index contributed by atoms with van der Waals surface area (Å²) in [7, 11) is 0. The largest absolute Gasteiger partial charge is 0.363 e. The fourth-order valence-electron chi connectivity index (χ4n) is 8.37. The molecule has 0 aliphatic carbocycles. The van der Waals surface area contributed by atoms with Crippen molar-refractivity contribution < 1.29 is 28.8 Å². The van der Waals surface area contributed by atoms with Crippen LogP contribution in [0.5, 0.6) is 0 Å². The average Bonchev–Trinajstić information content (AvgIpc) is 4.01. The number of nitrogens with zero attached hydrogens (tertiary/aromatic N) is 3. The van der Waals surface area contributed by atoms with Crippen molar-refractivity contribution in [2.45, 2.75) is 76.8 Å². The summed E-state index contributed by atoms with van der Waals surface area (Å²) in [6, 6.07) is 40.4. The fourth-order valence-corrected chi connectivity index (χ4v) is 8.37. The summed E-state index contributed by atoms with van der Waals surface area (Å²) in [5.41, 5.74) is 5.60. The van der Waals surface area contributed by atoms with E-state index in [9.17, 15) is 28.8 Å². The third kappa shape index (κ3) is 11.2. The Kier molecular flexibility index (Phi) is 14.3. The van der Waals surface area contributed by atoms with Gasteiger partial charge in [-0.15, -0.1) is 0 Å². The highest BCUT2D eigenvalue weighted by molar-refractivity contribution is 6.00. The third-order valence-corrected chi connectivity index (χ3v) is 11.4. The number of hydrogen-bond donors (Lipinski definition) is 4. The maximum Gasteiger partial charge on any atom is 0.250 e. The fraction of sp³-hybridized carbons (Fsp3) is 0.280. The molecule has 2 saturated heterocycles. The van der Waals surface area contributed by atoms with Crippen molar-refractivity contribution in [2.24, 2.45) is 0 Å². The van der Waals surface area contributed by atoms with Crippen LogP contribution in [-0.2, 0) is 41.9 Å². The molecule has 13 heteroatoms. The van der Waals surface area contributed by atoms with Crippen LogP contribution < -0.4 is 26.2 Å². The van der Waals surface area contributed by atoms with E-state index in [4.69, 9.17) is 0 Å². The summed E-state index contributed by atoms with van der Waals surface area (Å²) in [4.78, 5) is 84.2. The summed E-state index contributed by atoms with van der Waals surface area (Å²) in [5, 5.41) is 11.5. The predicted octanol–water partition coefficient (Wildman–Crippen LogP) is 6.51. The maximum atomic E-state index is 13.8. The number of para-hydroxylation sites is 1. The minimum atomic E-state index is -0.883. The SMILES string of the molecule is CC(=O)N[C@@H](C(=O)N1CCCC1C(=O)Nc1ccc(CN(Cc2ccc(NC(=O)C3CCCN3C(=O)[C@H](NC(C)=O)c3ccccc3)cc2)c2ccccc2)cc1)c1ccccc1. The number of benzene rings is 5. The smallest absolute Gasteiger partial charge is 0.250 e. The van der Waals surface area contributed by atoms with E-state index < -0.39 is 24.2 Å². The Labute approximate surface area is 367 Å². The number of likely N-dealkylation sites (tertiary alicyclic amines) is 2. The number of carbonyl (C=O) groups excluding carboxylic acids is 6. The van der Waals surface area contributed by atoms with Crippen molar-refractivity contribution in [1.82, 2.24) is 20.4 Å². The molecule has 5 aromatic rings. The van der Waals surface area contributed by atoms with Crippen LogP contribution in [-0.4, -0.2) is 70.4 Å². The zero-order valence-electron chi connectivity index (χ0n) is 35.5. The highest BCUT2D eigenvalue weighted by Gasteiger charge is 2.39. The van der Waals surface area contributed by atoms with Crippen LogP contribution in [0.25, 0.3) is 0 Å². The van der Waals surface area contributed by atoms with E-state index >= 15 is 0 Å². The van der Waals surface area contributed by atoms with Gasteiger partial charge in [0.25, 0.3) is 0 Å². The van der Waals surface area contributed by atoms with Gasteiger partial charge in [-0.1, -0.05) is 103 Å². The maximum absolute atomic E-state index is 13.8. The first-order valence-corrected chi connectivity index (χ1v) is 21.4. The van der Waals surface area contributed by atoms with Crippen molar-refractivity contribution in [2.75, 3.05) is 28.6 Å². The Morgan fingerprint density at radius 2 is 0.889 bits per heavy atom. The van der Waals surface area contributed by atoms with Crippen molar-refractivity contribution in [3.63, 3.8) is 0 Å². The highest BCUT2D eigenvalue weighted by Crippen LogP contribution is 2.28. The molecule has 63 heavy (non-hydrogen) atoms. The topological polar surface area (TPSA) is 160 Å². The van der Waals surface area contributed by atoms with Gasteiger partial charge in [0.1, 0.15) is 24.2 Å². The molecule has 2 heterocycles. The van der Waals surface area contributed by atoms with E-state index in [1.165, 1.54) is 13.8 Å². The zero-order chi connectivity index (χ0) is 44.3. The number of carbonyl (C=O) groups is 6. The summed E-state index contributed by atoms with van der Waals surface area (Å²) in [6.07, 6.45) is 2.40. The quantitative estimate of drug-likeness (QED) is 0.0936. The summed E-state index contributed by atoms with van der Waals surface area (Å²) >= 11 is 0. The van der Waals surface area contributed by atoms with Crippen molar-refractivity contribution in [3.05, 3.63) is 162 Å². The lowest BCUT2D eigenvalue weighted by Crippen LogP contribution is -2.48. The molecule has 4 N–H and O–H groups in total. The van der Waals surface area contributed by atoms with Gasteiger partial charge in [0.15, 0.2) is 0 Å². The summed E-state index contributed by atoms with van der Waals surface area (Å²) < 4.78 is 0. The second kappa shape index (κ2) is 20.5. The van der Waals surface area contributed by atoms with E-state index in [2.05, 4.69) is 38.3 Å². The van der Waals surface area contributed by atoms with Gasteiger partial charge in [-0.25, -0.2) is 0 Å². The van der Waals surface area contributed by atoms with Crippen molar-refractivity contribution in [3.8, 4) is 0 Å². The number of amides is 6. The molecule has 0 spiro atoms. The first-order valence-electron chi connectivity index (χ1n) is 21.4. The predicted molar refractivity (Wildman–Crippen MR) is 242 cm³/mol. The Morgan fingerprint density at radius 3 is 1.25 bits per heavy atom. The monoisotopic (exact) mass is 847 g/mol. The highest BCUT2D eigenvalue weighted by atomic mass is 16.2. The van der Waals surface area contributed by atoms with Gasteiger partial charge in [0.2, 0.25) is 35.4 Å². The first-order chi connectivity index (χ1) is 30.5. The van der Waals surface area contributed by atoms with Crippen molar-refractivity contribution in [1.29, 1.82) is 0 Å². The lowest BCUT2D eigenvalue weighted by molar-refractivity contribution is -0.140. The van der Waals surface area contributed by atoms with Crippen LogP contribution in [0.4, 0.5) is 17.1 Å². The molecule has 0 aromatic heterocycles. The Balaban J connectivity index is 0.971.